The van der Waals surface area contributed by atoms with Crippen molar-refractivity contribution in [1.29, 1.82) is 0 Å². The van der Waals surface area contributed by atoms with E-state index in [1.807, 2.05) is 47.2 Å². The predicted octanol–water partition coefficient (Wildman–Crippen LogP) is 9.81. The van der Waals surface area contributed by atoms with Gasteiger partial charge in [0.1, 0.15) is 4.90 Å². The monoisotopic (exact) mass is 1040 g/mol. The lowest BCUT2D eigenvalue weighted by Crippen LogP contribution is -2.53. The number of piperazine rings is 2. The van der Waals surface area contributed by atoms with E-state index >= 15 is 0 Å². The Kier molecular flexibility index (Phi) is 14.6. The first-order valence-electron chi connectivity index (χ1n) is 24.2. The Bertz CT molecular complexity index is 2800. The van der Waals surface area contributed by atoms with Gasteiger partial charge in [0, 0.05) is 103 Å². The minimum Gasteiger partial charge on any atom is -0.380 e. The number of hydrogen-bond donors (Lipinski definition) is 2. The number of sulfonamides is 1. The molecule has 11 nitrogen and oxygen atoms in total. The number of rotatable bonds is 16. The van der Waals surface area contributed by atoms with Gasteiger partial charge >= 0.3 is 5.51 Å². The van der Waals surface area contributed by atoms with Crippen LogP contribution in [0.3, 0.4) is 0 Å². The van der Waals surface area contributed by atoms with Crippen molar-refractivity contribution in [2.24, 2.45) is 5.41 Å². The molecule has 4 aromatic carbocycles. The normalized spacial score (nSPS) is 21.6. The van der Waals surface area contributed by atoms with Gasteiger partial charge in [-0.3, -0.25) is 19.5 Å². The molecule has 376 valence electrons. The number of fused-ring (bicyclic) bond motifs is 2. The van der Waals surface area contributed by atoms with E-state index in [1.165, 1.54) is 59.9 Å². The van der Waals surface area contributed by atoms with E-state index in [2.05, 4.69) is 57.8 Å². The fourth-order valence-corrected chi connectivity index (χ4v) is 14.0. The van der Waals surface area contributed by atoms with E-state index in [-0.39, 0.29) is 16.8 Å². The van der Waals surface area contributed by atoms with Crippen LogP contribution in [-0.2, 0) is 19.9 Å². The fraction of sp³-hybridized carbons (Fsp3) is 0.481. The highest BCUT2D eigenvalue weighted by atomic mass is 35.5. The molecule has 4 aromatic rings. The molecule has 5 aliphatic rings. The van der Waals surface area contributed by atoms with Crippen LogP contribution in [0.25, 0.3) is 5.57 Å². The van der Waals surface area contributed by atoms with Crippen LogP contribution in [0.15, 0.2) is 117 Å². The Hall–Kier alpha value is -4.10. The van der Waals surface area contributed by atoms with Gasteiger partial charge in [-0.1, -0.05) is 47.5 Å². The van der Waals surface area contributed by atoms with Crippen LogP contribution in [0, 0.1) is 5.41 Å². The van der Waals surface area contributed by atoms with E-state index < -0.39 is 47.1 Å². The number of alkyl halides is 3. The van der Waals surface area contributed by atoms with Crippen LogP contribution < -0.4 is 14.9 Å². The number of anilines is 2. The van der Waals surface area contributed by atoms with Crippen LogP contribution in [0.1, 0.15) is 81.6 Å². The quantitative estimate of drug-likeness (QED) is 0.104. The second-order valence-electron chi connectivity index (χ2n) is 20.7. The standard InChI is InChI=1S/C52H62ClF3N6O5S3/c1-50(2,3)62-34-42-29-43(62)33-61(42)24-20-40(35-68-44-7-5-4-6-8-44)57-47-18-17-45(30-48(47)69(64,65)52(54,55)56)70(66,67)58-49(63)37-11-15-41(16-12-37)60-27-25-59(26-28-60)32-38-31-51(22-23-51)21-19-46(38)36-9-13-39(53)14-10-36/h4-18,30,40,42-43,57H,19-29,31-35H2,1-3H3,(H,58,63)/t40-,42-,43-/m1/s1. The molecular formula is C52H62ClF3N6O5S3. The summed E-state index contributed by atoms with van der Waals surface area (Å²) in [5.41, 5.74) is -0.540. The largest absolute Gasteiger partial charge is 0.501 e. The summed E-state index contributed by atoms with van der Waals surface area (Å²) in [4.78, 5) is 22.0. The molecule has 3 heterocycles. The van der Waals surface area contributed by atoms with Gasteiger partial charge in [0.05, 0.1) is 10.6 Å². The van der Waals surface area contributed by atoms with Gasteiger partial charge in [-0.15, -0.1) is 11.8 Å². The smallest absolute Gasteiger partial charge is 0.380 e. The number of nitrogens with one attached hydrogen (secondary N) is 2. The first kappa shape index (κ1) is 50.8. The molecule has 18 heteroatoms. The van der Waals surface area contributed by atoms with Crippen molar-refractivity contribution in [2.45, 2.75) is 110 Å². The molecule has 3 saturated heterocycles. The summed E-state index contributed by atoms with van der Waals surface area (Å²) >= 11 is 7.69. The third kappa shape index (κ3) is 11.4. The van der Waals surface area contributed by atoms with Crippen LogP contribution in [-0.4, -0.2) is 125 Å². The molecule has 3 aliphatic heterocycles. The molecule has 1 saturated carbocycles. The van der Waals surface area contributed by atoms with Gasteiger partial charge in [-0.2, -0.15) is 13.2 Å². The van der Waals surface area contributed by atoms with Gasteiger partial charge < -0.3 is 10.2 Å². The SMILES string of the molecule is CC(C)(C)N1C[C@H]2C[C@@H]1CN2CC[C@H](CSc1ccccc1)Nc1ccc(S(=O)(=O)NC(=O)c2ccc(N3CCN(CC4=C(c5ccc(Cl)cc5)CCC5(CC5)C4)CC3)cc2)cc1S(=O)(=O)C(F)(F)F. The molecule has 2 N–H and O–H groups in total. The molecule has 0 aromatic heterocycles. The van der Waals surface area contributed by atoms with Crippen molar-refractivity contribution in [1.82, 2.24) is 19.4 Å². The van der Waals surface area contributed by atoms with Crippen molar-refractivity contribution >= 4 is 66.1 Å². The number of thioether (sulfide) groups is 1. The molecule has 1 spiro atoms. The summed E-state index contributed by atoms with van der Waals surface area (Å²) in [5, 5.41) is 3.81. The van der Waals surface area contributed by atoms with E-state index in [9.17, 15) is 34.8 Å². The number of nitrogens with zero attached hydrogens (tertiary/aromatic N) is 4. The second kappa shape index (κ2) is 20.1. The highest BCUT2D eigenvalue weighted by Crippen LogP contribution is 2.58. The van der Waals surface area contributed by atoms with Gasteiger partial charge in [0.15, 0.2) is 0 Å². The molecule has 0 radical (unpaired) electrons. The zero-order valence-corrected chi connectivity index (χ0v) is 43.1. The Morgan fingerprint density at radius 3 is 2.19 bits per heavy atom. The second-order valence-corrected chi connectivity index (χ2v) is 25.9. The summed E-state index contributed by atoms with van der Waals surface area (Å²) in [6, 6.07) is 26.9. The van der Waals surface area contributed by atoms with E-state index in [1.54, 1.807) is 12.1 Å². The molecule has 1 amide bonds. The lowest BCUT2D eigenvalue weighted by Gasteiger charge is -2.42. The zero-order valence-electron chi connectivity index (χ0n) is 39.9. The number of sulfone groups is 1. The molecule has 2 aliphatic carbocycles. The summed E-state index contributed by atoms with van der Waals surface area (Å²) in [6.07, 6.45) is 7.55. The number of halogens is 4. The molecule has 70 heavy (non-hydrogen) atoms. The maximum atomic E-state index is 14.4. The number of carbonyl (C=O) groups is 1. The van der Waals surface area contributed by atoms with Crippen LogP contribution in [0.5, 0.6) is 0 Å². The number of likely N-dealkylation sites (tertiary alicyclic amines) is 2. The summed E-state index contributed by atoms with van der Waals surface area (Å²) in [5.74, 6) is -0.619. The van der Waals surface area contributed by atoms with Gasteiger partial charge in [0.25, 0.3) is 25.8 Å². The van der Waals surface area contributed by atoms with E-state index in [0.29, 0.717) is 42.3 Å². The number of benzene rings is 4. The minimum atomic E-state index is -6.06. The Morgan fingerprint density at radius 2 is 1.56 bits per heavy atom. The maximum absolute atomic E-state index is 14.4. The topological polar surface area (TPSA) is 122 Å². The first-order valence-corrected chi connectivity index (χ1v) is 28.5. The minimum absolute atomic E-state index is 0.0106. The Labute approximate surface area is 420 Å². The zero-order chi connectivity index (χ0) is 49.6. The molecule has 9 rings (SSSR count). The maximum Gasteiger partial charge on any atom is 0.501 e. The van der Waals surface area contributed by atoms with Gasteiger partial charge in [-0.05, 0) is 149 Å². The highest BCUT2D eigenvalue weighted by Gasteiger charge is 2.50. The summed E-state index contributed by atoms with van der Waals surface area (Å²) in [7, 11) is -10.9. The van der Waals surface area contributed by atoms with Crippen molar-refractivity contribution in [3.8, 4) is 0 Å². The average Bonchev–Trinajstić information content (AvgIpc) is 3.73. The van der Waals surface area contributed by atoms with Crippen molar-refractivity contribution in [2.75, 3.05) is 68.3 Å². The van der Waals surface area contributed by atoms with Crippen molar-refractivity contribution < 1.29 is 34.8 Å². The molecule has 3 atom stereocenters. The highest BCUT2D eigenvalue weighted by molar-refractivity contribution is 7.99. The van der Waals surface area contributed by atoms with Crippen LogP contribution in [0.2, 0.25) is 5.02 Å². The Morgan fingerprint density at radius 1 is 0.857 bits per heavy atom. The van der Waals surface area contributed by atoms with Gasteiger partial charge in [-0.25, -0.2) is 21.6 Å². The third-order valence-corrected chi connectivity index (χ3v) is 19.3. The third-order valence-electron chi connectivity index (χ3n) is 15.0. The average molecular weight is 1040 g/mol. The van der Waals surface area contributed by atoms with E-state index in [4.69, 9.17) is 11.6 Å². The fourth-order valence-electron chi connectivity index (χ4n) is 10.9. The predicted molar refractivity (Wildman–Crippen MR) is 273 cm³/mol. The van der Waals surface area contributed by atoms with Gasteiger partial charge in [0.2, 0.25) is 0 Å². The number of amides is 1. The molecule has 4 fully saturated rings. The molecule has 0 unspecified atom stereocenters. The lowest BCUT2D eigenvalue weighted by molar-refractivity contribution is -0.0435. The van der Waals surface area contributed by atoms with Crippen molar-refractivity contribution in [3.63, 3.8) is 0 Å². The summed E-state index contributed by atoms with van der Waals surface area (Å²) < 4.78 is 98.9. The number of carbonyl (C=O) groups excluding carboxylic acids is 1. The number of hydrogen-bond acceptors (Lipinski definition) is 11. The first-order chi connectivity index (χ1) is 33.2. The Balaban J connectivity index is 0.858. The lowest BCUT2D eigenvalue weighted by atomic mass is 9.79. The molecular weight excluding hydrogens is 977 g/mol. The molecule has 2 bridgehead atoms. The number of allylic oxidation sites excluding steroid dienone is 1. The van der Waals surface area contributed by atoms with E-state index in [0.717, 1.165) is 92.8 Å². The van der Waals surface area contributed by atoms with Crippen LogP contribution in [0.4, 0.5) is 24.5 Å². The van der Waals surface area contributed by atoms with Crippen molar-refractivity contribution in [3.05, 3.63) is 119 Å². The summed E-state index contributed by atoms with van der Waals surface area (Å²) in [6.45, 7) is 13.1. The van der Waals surface area contributed by atoms with Crippen LogP contribution >= 0.6 is 23.4 Å².